The normalized spacial score (nSPS) is 27.1. The Morgan fingerprint density at radius 1 is 1.03 bits per heavy atom. The maximum Gasteiger partial charge on any atom is 0.223 e. The maximum absolute atomic E-state index is 6.46. The number of rotatable bonds is 3. The van der Waals surface area contributed by atoms with E-state index in [0.717, 1.165) is 33.9 Å². The third-order valence-electron chi connectivity index (χ3n) is 6.24. The monoisotopic (exact) mass is 417 g/mol. The van der Waals surface area contributed by atoms with Crippen molar-refractivity contribution in [3.8, 4) is 5.88 Å². The van der Waals surface area contributed by atoms with E-state index in [1.54, 1.807) is 24.9 Å². The average Bonchev–Trinajstić information content (AvgIpc) is 3.41. The summed E-state index contributed by atoms with van der Waals surface area (Å²) in [6.45, 7) is 5.88. The third kappa shape index (κ3) is 2.97. The van der Waals surface area contributed by atoms with Crippen molar-refractivity contribution in [3.63, 3.8) is 0 Å². The predicted molar refractivity (Wildman–Crippen MR) is 114 cm³/mol. The molecule has 31 heavy (non-hydrogen) atoms. The number of aryl methyl sites for hydroxylation is 1. The summed E-state index contributed by atoms with van der Waals surface area (Å²) >= 11 is 0. The fourth-order valence-electron chi connectivity index (χ4n) is 4.88. The minimum atomic E-state index is -0.683. The van der Waals surface area contributed by atoms with Crippen molar-refractivity contribution in [1.29, 1.82) is 0 Å². The average molecular weight is 417 g/mol. The minimum Gasteiger partial charge on any atom is -0.471 e. The van der Waals surface area contributed by atoms with Crippen LogP contribution in [0.2, 0.25) is 0 Å². The summed E-state index contributed by atoms with van der Waals surface area (Å²) in [5, 5.41) is 2.97. The van der Waals surface area contributed by atoms with Crippen molar-refractivity contribution in [2.45, 2.75) is 57.3 Å². The molecule has 0 spiro atoms. The molecule has 8 nitrogen and oxygen atoms in total. The first-order valence-corrected chi connectivity index (χ1v) is 10.5. The Hall–Kier alpha value is -3.10. The van der Waals surface area contributed by atoms with E-state index in [1.807, 2.05) is 32.9 Å². The first-order chi connectivity index (χ1) is 15.0. The van der Waals surface area contributed by atoms with Crippen molar-refractivity contribution in [2.24, 2.45) is 0 Å². The lowest BCUT2D eigenvalue weighted by Gasteiger charge is -2.24. The van der Waals surface area contributed by atoms with Gasteiger partial charge >= 0.3 is 0 Å². The van der Waals surface area contributed by atoms with Gasteiger partial charge in [0.15, 0.2) is 5.79 Å². The van der Waals surface area contributed by atoms with Crippen LogP contribution in [0.5, 0.6) is 5.88 Å². The lowest BCUT2D eigenvalue weighted by Crippen LogP contribution is -2.33. The van der Waals surface area contributed by atoms with E-state index in [-0.39, 0.29) is 24.4 Å². The van der Waals surface area contributed by atoms with Crippen LogP contribution in [0.3, 0.4) is 0 Å². The predicted octanol–water partition coefficient (Wildman–Crippen LogP) is 3.60. The van der Waals surface area contributed by atoms with E-state index < -0.39 is 5.79 Å². The van der Waals surface area contributed by atoms with Gasteiger partial charge in [0.1, 0.15) is 30.3 Å². The van der Waals surface area contributed by atoms with Gasteiger partial charge in [-0.3, -0.25) is 4.98 Å². The highest BCUT2D eigenvalue weighted by atomic mass is 16.8. The van der Waals surface area contributed by atoms with E-state index in [2.05, 4.69) is 36.8 Å². The molecule has 6 rings (SSSR count). The highest BCUT2D eigenvalue weighted by molar-refractivity contribution is 5.85. The van der Waals surface area contributed by atoms with E-state index in [9.17, 15) is 0 Å². The zero-order valence-corrected chi connectivity index (χ0v) is 17.6. The summed E-state index contributed by atoms with van der Waals surface area (Å²) in [5.41, 5.74) is 1.86. The molecule has 0 N–H and O–H groups in total. The maximum atomic E-state index is 6.46. The summed E-state index contributed by atoms with van der Waals surface area (Å²) in [7, 11) is 0. The molecule has 0 aromatic carbocycles. The van der Waals surface area contributed by atoms with Crippen LogP contribution in [-0.2, 0) is 9.47 Å². The van der Waals surface area contributed by atoms with Crippen molar-refractivity contribution >= 4 is 21.8 Å². The smallest absolute Gasteiger partial charge is 0.223 e. The van der Waals surface area contributed by atoms with Gasteiger partial charge in [0.05, 0.1) is 17.1 Å². The lowest BCUT2D eigenvalue weighted by molar-refractivity contribution is -0.163. The zero-order chi connectivity index (χ0) is 21.2. The molecule has 0 bridgehead atoms. The highest BCUT2D eigenvalue weighted by Crippen LogP contribution is 2.46. The second kappa shape index (κ2) is 6.70. The Labute approximate surface area is 179 Å². The van der Waals surface area contributed by atoms with Gasteiger partial charge in [-0.1, -0.05) is 0 Å². The standard InChI is InChI=1S/C23H23N5O3/c1-13-15-6-9-28(21(15)27-12-26-13)17-10-18(20-19(17)30-23(2,3)31-20)29-22-16-11-24-7-4-14(16)5-8-25-22/h4-9,11-12,17-20H,10H2,1-3H3/t17-,18+,19+,20-/m1/s1. The highest BCUT2D eigenvalue weighted by Gasteiger charge is 2.56. The molecular weight excluding hydrogens is 394 g/mol. The molecule has 1 aliphatic heterocycles. The number of aromatic nitrogens is 5. The van der Waals surface area contributed by atoms with Gasteiger partial charge in [0, 0.05) is 36.6 Å². The molecule has 0 unspecified atom stereocenters. The molecule has 1 aliphatic carbocycles. The fraction of sp³-hybridized carbons (Fsp3) is 0.391. The largest absolute Gasteiger partial charge is 0.471 e. The van der Waals surface area contributed by atoms with Crippen LogP contribution < -0.4 is 4.74 Å². The lowest BCUT2D eigenvalue weighted by atomic mass is 10.2. The molecular formula is C23H23N5O3. The minimum absolute atomic E-state index is 0.0247. The number of pyridine rings is 2. The number of ether oxygens (including phenoxy) is 3. The van der Waals surface area contributed by atoms with Crippen molar-refractivity contribution in [1.82, 2.24) is 24.5 Å². The van der Waals surface area contributed by atoms with Crippen LogP contribution in [0.25, 0.3) is 21.8 Å². The number of hydrogen-bond donors (Lipinski definition) is 0. The van der Waals surface area contributed by atoms with Gasteiger partial charge in [-0.2, -0.15) is 0 Å². The van der Waals surface area contributed by atoms with Crippen molar-refractivity contribution in [3.05, 3.63) is 55.0 Å². The molecule has 1 saturated carbocycles. The Morgan fingerprint density at radius 3 is 2.77 bits per heavy atom. The quantitative estimate of drug-likeness (QED) is 0.504. The molecule has 0 radical (unpaired) electrons. The van der Waals surface area contributed by atoms with E-state index in [4.69, 9.17) is 14.2 Å². The van der Waals surface area contributed by atoms with Gasteiger partial charge in [0.2, 0.25) is 5.88 Å². The van der Waals surface area contributed by atoms with Crippen LogP contribution in [0.4, 0.5) is 0 Å². The summed E-state index contributed by atoms with van der Waals surface area (Å²) in [6, 6.07) is 6.00. The SMILES string of the molecule is Cc1ncnc2c1ccn2[C@@H]1C[C@H](Oc2nccc3ccncc23)[C@H]2OC(C)(C)O[C@H]21. The first kappa shape index (κ1) is 18.7. The second-order valence-corrected chi connectivity index (χ2v) is 8.66. The Bertz CT molecular complexity index is 1280. The van der Waals surface area contributed by atoms with E-state index in [0.29, 0.717) is 5.88 Å². The van der Waals surface area contributed by atoms with Crippen LogP contribution in [0, 0.1) is 6.92 Å². The van der Waals surface area contributed by atoms with Gasteiger partial charge in [-0.25, -0.2) is 15.0 Å². The summed E-state index contributed by atoms with van der Waals surface area (Å²) in [6.07, 6.45) is 9.13. The fourth-order valence-corrected chi connectivity index (χ4v) is 4.88. The second-order valence-electron chi connectivity index (χ2n) is 8.66. The molecule has 4 aromatic heterocycles. The third-order valence-corrected chi connectivity index (χ3v) is 6.24. The summed E-state index contributed by atoms with van der Waals surface area (Å²) in [4.78, 5) is 17.6. The first-order valence-electron chi connectivity index (χ1n) is 10.5. The summed E-state index contributed by atoms with van der Waals surface area (Å²) in [5.74, 6) is -0.115. The molecule has 2 aliphatic rings. The Balaban J connectivity index is 1.39. The molecule has 8 heteroatoms. The van der Waals surface area contributed by atoms with E-state index in [1.165, 1.54) is 0 Å². The van der Waals surface area contributed by atoms with Crippen LogP contribution in [0.1, 0.15) is 32.0 Å². The number of nitrogens with zero attached hydrogens (tertiary/aromatic N) is 5. The molecule has 0 amide bonds. The number of fused-ring (bicyclic) bond motifs is 3. The van der Waals surface area contributed by atoms with Crippen LogP contribution in [0.15, 0.2) is 49.3 Å². The number of hydrogen-bond acceptors (Lipinski definition) is 7. The molecule has 4 aromatic rings. The van der Waals surface area contributed by atoms with Gasteiger partial charge in [-0.05, 0) is 44.4 Å². The zero-order valence-electron chi connectivity index (χ0n) is 17.6. The Kier molecular flexibility index (Phi) is 4.03. The van der Waals surface area contributed by atoms with Crippen molar-refractivity contribution in [2.75, 3.05) is 0 Å². The molecule has 4 atom stereocenters. The van der Waals surface area contributed by atoms with Crippen LogP contribution in [-0.4, -0.2) is 48.6 Å². The van der Waals surface area contributed by atoms with Crippen LogP contribution >= 0.6 is 0 Å². The Morgan fingerprint density at radius 2 is 1.87 bits per heavy atom. The molecule has 5 heterocycles. The molecule has 1 saturated heterocycles. The van der Waals surface area contributed by atoms with Gasteiger partial charge in [-0.15, -0.1) is 0 Å². The van der Waals surface area contributed by atoms with Gasteiger partial charge in [0.25, 0.3) is 0 Å². The molecule has 2 fully saturated rings. The van der Waals surface area contributed by atoms with Gasteiger partial charge < -0.3 is 18.8 Å². The van der Waals surface area contributed by atoms with E-state index >= 15 is 0 Å². The summed E-state index contributed by atoms with van der Waals surface area (Å²) < 4.78 is 21.3. The van der Waals surface area contributed by atoms with Crippen molar-refractivity contribution < 1.29 is 14.2 Å². The topological polar surface area (TPSA) is 84.2 Å². The molecule has 158 valence electrons.